The lowest BCUT2D eigenvalue weighted by Gasteiger charge is -2.67. The zero-order valence-electron chi connectivity index (χ0n) is 18.7. The quantitative estimate of drug-likeness (QED) is 0.762. The van der Waals surface area contributed by atoms with Gasteiger partial charge in [0, 0.05) is 23.4 Å². The molecule has 6 rings (SSSR count). The molecule has 3 aliphatic carbocycles. The van der Waals surface area contributed by atoms with Gasteiger partial charge >= 0.3 is 0 Å². The van der Waals surface area contributed by atoms with Crippen LogP contribution in [0.1, 0.15) is 55.2 Å². The number of ether oxygens (including phenoxy) is 1. The van der Waals surface area contributed by atoms with Gasteiger partial charge in [0.15, 0.2) is 0 Å². The number of rotatable bonds is 5. The molecule has 0 spiro atoms. The van der Waals surface area contributed by atoms with Gasteiger partial charge in [0.25, 0.3) is 0 Å². The van der Waals surface area contributed by atoms with Gasteiger partial charge < -0.3 is 9.84 Å². The van der Waals surface area contributed by atoms with Crippen LogP contribution in [0, 0.1) is 11.3 Å². The lowest BCUT2D eigenvalue weighted by molar-refractivity contribution is -0.122. The van der Waals surface area contributed by atoms with Gasteiger partial charge in [-0.15, -0.1) is 0 Å². The summed E-state index contributed by atoms with van der Waals surface area (Å²) in [5.74, 6) is 1.87. The van der Waals surface area contributed by atoms with E-state index in [-0.39, 0.29) is 16.9 Å². The van der Waals surface area contributed by atoms with E-state index in [4.69, 9.17) is 4.74 Å². The Morgan fingerprint density at radius 1 is 1.06 bits per heavy atom. The lowest BCUT2D eigenvalue weighted by atomic mass is 9.42. The van der Waals surface area contributed by atoms with Crippen molar-refractivity contribution in [2.24, 2.45) is 11.3 Å². The van der Waals surface area contributed by atoms with Crippen molar-refractivity contribution in [2.75, 3.05) is 20.2 Å². The molecular formula is C28H35NO2. The smallest absolute Gasteiger partial charge is 0.119 e. The lowest BCUT2D eigenvalue weighted by Crippen LogP contribution is -2.70. The van der Waals surface area contributed by atoms with Gasteiger partial charge in [-0.05, 0) is 92.7 Å². The molecule has 0 amide bonds. The first kappa shape index (κ1) is 19.8. The zero-order chi connectivity index (χ0) is 21.1. The molecule has 1 saturated heterocycles. The van der Waals surface area contributed by atoms with Gasteiger partial charge in [-0.3, -0.25) is 4.90 Å². The Labute approximate surface area is 186 Å². The van der Waals surface area contributed by atoms with Crippen LogP contribution in [-0.2, 0) is 18.3 Å². The number of piperidine rings is 1. The Morgan fingerprint density at radius 3 is 2.68 bits per heavy atom. The normalized spacial score (nSPS) is 34.6. The zero-order valence-corrected chi connectivity index (χ0v) is 18.7. The number of aliphatic hydroxyl groups is 1. The maximum atomic E-state index is 11.0. The molecule has 2 aromatic rings. The predicted molar refractivity (Wildman–Crippen MR) is 124 cm³/mol. The summed E-state index contributed by atoms with van der Waals surface area (Å²) in [7, 11) is 1.77. The van der Waals surface area contributed by atoms with Crippen LogP contribution in [0.4, 0.5) is 0 Å². The molecule has 4 aliphatic rings. The molecule has 0 aromatic heterocycles. The Kier molecular flexibility index (Phi) is 4.70. The fourth-order valence-electron chi connectivity index (χ4n) is 7.59. The monoisotopic (exact) mass is 417 g/mol. The van der Waals surface area contributed by atoms with E-state index in [1.165, 1.54) is 42.6 Å². The summed E-state index contributed by atoms with van der Waals surface area (Å²) in [6, 6.07) is 18.5. The van der Waals surface area contributed by atoms with Crippen LogP contribution in [0.15, 0.2) is 48.5 Å². The van der Waals surface area contributed by atoms with E-state index in [0.717, 1.165) is 50.2 Å². The van der Waals surface area contributed by atoms with Crippen LogP contribution in [0.25, 0.3) is 0 Å². The summed E-state index contributed by atoms with van der Waals surface area (Å²) >= 11 is 0. The van der Waals surface area contributed by atoms with Crippen LogP contribution < -0.4 is 4.74 Å². The van der Waals surface area contributed by atoms with Gasteiger partial charge in [0.2, 0.25) is 0 Å². The largest absolute Gasteiger partial charge is 0.497 e. The van der Waals surface area contributed by atoms with Crippen LogP contribution in [0.5, 0.6) is 5.75 Å². The molecular weight excluding hydrogens is 382 g/mol. The molecule has 31 heavy (non-hydrogen) atoms. The Hall–Kier alpha value is -1.84. The number of hydrogen-bond donors (Lipinski definition) is 1. The molecule has 3 nitrogen and oxygen atoms in total. The van der Waals surface area contributed by atoms with E-state index < -0.39 is 0 Å². The van der Waals surface area contributed by atoms with Crippen LogP contribution in [0.2, 0.25) is 0 Å². The second-order valence-corrected chi connectivity index (χ2v) is 10.7. The van der Waals surface area contributed by atoms with Gasteiger partial charge in [-0.1, -0.05) is 36.4 Å². The van der Waals surface area contributed by atoms with Crippen molar-refractivity contribution >= 4 is 0 Å². The minimum absolute atomic E-state index is 0.0351. The third-order valence-electron chi connectivity index (χ3n) is 9.16. The van der Waals surface area contributed by atoms with Crippen molar-refractivity contribution in [3.63, 3.8) is 0 Å². The summed E-state index contributed by atoms with van der Waals surface area (Å²) in [6.45, 7) is 2.44. The standard InChI is InChI=1S/C28H35NO2/c1-31-24-10-9-22-15-26-28(17-20-5-3-2-4-6-20)12-11-23(30)18-27(28,25(22)16-24)13-14-29(26)19-21-7-8-21/h2-6,9-10,16,21,23,26,30H,7-8,11-15,17-19H2,1H3/t23-,26+,27+,28+/m0/s1. The van der Waals surface area contributed by atoms with Crippen molar-refractivity contribution in [3.05, 3.63) is 65.2 Å². The molecule has 3 heteroatoms. The summed E-state index contributed by atoms with van der Waals surface area (Å²) in [5, 5.41) is 11.0. The molecule has 0 unspecified atom stereocenters. The van der Waals surface area contributed by atoms with Crippen molar-refractivity contribution in [2.45, 2.75) is 68.9 Å². The van der Waals surface area contributed by atoms with E-state index in [2.05, 4.69) is 53.4 Å². The second-order valence-electron chi connectivity index (χ2n) is 10.7. The average Bonchev–Trinajstić information content (AvgIpc) is 3.61. The molecule has 1 aliphatic heterocycles. The summed E-state index contributed by atoms with van der Waals surface area (Å²) in [5.41, 5.74) is 4.63. The number of nitrogens with zero attached hydrogens (tertiary/aromatic N) is 1. The first-order valence-corrected chi connectivity index (χ1v) is 12.3. The van der Waals surface area contributed by atoms with Crippen LogP contribution >= 0.6 is 0 Å². The maximum Gasteiger partial charge on any atom is 0.119 e. The number of benzene rings is 2. The third-order valence-corrected chi connectivity index (χ3v) is 9.16. The minimum atomic E-state index is -0.198. The minimum Gasteiger partial charge on any atom is -0.497 e. The second kappa shape index (κ2) is 7.35. The van der Waals surface area contributed by atoms with Crippen LogP contribution in [0.3, 0.4) is 0 Å². The molecule has 2 bridgehead atoms. The number of aliphatic hydroxyl groups excluding tert-OH is 1. The van der Waals surface area contributed by atoms with Gasteiger partial charge in [0.1, 0.15) is 5.75 Å². The van der Waals surface area contributed by atoms with E-state index in [0.29, 0.717) is 6.04 Å². The van der Waals surface area contributed by atoms with Gasteiger partial charge in [0.05, 0.1) is 13.2 Å². The highest BCUT2D eigenvalue weighted by atomic mass is 16.5. The highest BCUT2D eigenvalue weighted by Crippen LogP contribution is 2.64. The number of fused-ring (bicyclic) bond motifs is 1. The molecule has 0 radical (unpaired) electrons. The summed E-state index contributed by atoms with van der Waals surface area (Å²) in [4.78, 5) is 2.86. The SMILES string of the molecule is COc1ccc2c(c1)[C@]13CCN(CC4CC4)[C@H](C2)[C@]1(Cc1ccccc1)CC[C@H](O)C3. The summed E-state index contributed by atoms with van der Waals surface area (Å²) < 4.78 is 5.68. The van der Waals surface area contributed by atoms with Gasteiger partial charge in [-0.25, -0.2) is 0 Å². The highest BCUT2D eigenvalue weighted by molar-refractivity contribution is 5.48. The fraction of sp³-hybridized carbons (Fsp3) is 0.571. The Bertz CT molecular complexity index is 955. The highest BCUT2D eigenvalue weighted by Gasteiger charge is 2.64. The molecule has 4 atom stereocenters. The van der Waals surface area contributed by atoms with Crippen molar-refractivity contribution < 1.29 is 9.84 Å². The predicted octanol–water partition coefficient (Wildman–Crippen LogP) is 4.75. The number of hydrogen-bond acceptors (Lipinski definition) is 3. The van der Waals surface area contributed by atoms with E-state index in [1.807, 2.05) is 0 Å². The third kappa shape index (κ3) is 3.08. The summed E-state index contributed by atoms with van der Waals surface area (Å²) in [6.07, 6.45) is 8.97. The van der Waals surface area contributed by atoms with E-state index in [1.54, 1.807) is 7.11 Å². The average molecular weight is 418 g/mol. The molecule has 164 valence electrons. The fourth-order valence-corrected chi connectivity index (χ4v) is 7.59. The number of methoxy groups -OCH3 is 1. The molecule has 2 saturated carbocycles. The topological polar surface area (TPSA) is 32.7 Å². The maximum absolute atomic E-state index is 11.0. The van der Waals surface area contributed by atoms with E-state index >= 15 is 0 Å². The number of likely N-dealkylation sites (tertiary alicyclic amines) is 1. The molecule has 3 fully saturated rings. The molecule has 1 heterocycles. The Balaban J connectivity index is 1.53. The molecule has 1 N–H and O–H groups in total. The van der Waals surface area contributed by atoms with Crippen molar-refractivity contribution in [3.8, 4) is 5.75 Å². The van der Waals surface area contributed by atoms with Crippen LogP contribution in [-0.4, -0.2) is 42.4 Å². The van der Waals surface area contributed by atoms with Crippen molar-refractivity contribution in [1.29, 1.82) is 0 Å². The first-order chi connectivity index (χ1) is 15.1. The van der Waals surface area contributed by atoms with Gasteiger partial charge in [-0.2, -0.15) is 0 Å². The molecule has 2 aromatic carbocycles. The first-order valence-electron chi connectivity index (χ1n) is 12.3. The van der Waals surface area contributed by atoms with Crippen molar-refractivity contribution in [1.82, 2.24) is 4.90 Å². The Morgan fingerprint density at radius 2 is 1.90 bits per heavy atom. The van der Waals surface area contributed by atoms with E-state index in [9.17, 15) is 5.11 Å².